The van der Waals surface area contributed by atoms with Gasteiger partial charge in [-0.3, -0.25) is 4.79 Å². The number of piperidine rings is 1. The summed E-state index contributed by atoms with van der Waals surface area (Å²) in [5, 5.41) is 4.35. The first-order chi connectivity index (χ1) is 13.9. The molecule has 2 fully saturated rings. The summed E-state index contributed by atoms with van der Waals surface area (Å²) in [4.78, 5) is 15.2. The molecule has 0 spiro atoms. The molecule has 29 heavy (non-hydrogen) atoms. The fourth-order valence-electron chi connectivity index (χ4n) is 4.34. The minimum absolute atomic E-state index is 0.0319. The van der Waals surface area contributed by atoms with Crippen LogP contribution in [0.25, 0.3) is 10.9 Å². The van der Waals surface area contributed by atoms with Crippen molar-refractivity contribution in [3.05, 3.63) is 36.0 Å². The van der Waals surface area contributed by atoms with Gasteiger partial charge in [0.15, 0.2) is 0 Å². The lowest BCUT2D eigenvalue weighted by molar-refractivity contribution is -0.137. The summed E-state index contributed by atoms with van der Waals surface area (Å²) in [5.74, 6) is 0.248. The van der Waals surface area contributed by atoms with Crippen molar-refractivity contribution in [2.24, 2.45) is 5.92 Å². The number of nitrogens with one attached hydrogen (secondary N) is 1. The quantitative estimate of drug-likeness (QED) is 0.735. The van der Waals surface area contributed by atoms with E-state index in [-0.39, 0.29) is 18.2 Å². The van der Waals surface area contributed by atoms with E-state index in [0.29, 0.717) is 19.1 Å². The predicted molar refractivity (Wildman–Crippen MR) is 106 cm³/mol. The summed E-state index contributed by atoms with van der Waals surface area (Å²) < 4.78 is 39.6. The molecule has 1 aliphatic carbocycles. The summed E-state index contributed by atoms with van der Waals surface area (Å²) in [6.07, 6.45) is 1.11. The molecule has 1 N–H and O–H groups in total. The fourth-order valence-corrected chi connectivity index (χ4v) is 4.34. The zero-order valence-electron chi connectivity index (χ0n) is 16.5. The molecule has 2 heterocycles. The smallest absolute Gasteiger partial charge is 0.347 e. The molecule has 1 saturated heterocycles. The number of amides is 1. The van der Waals surface area contributed by atoms with E-state index in [1.54, 1.807) is 0 Å². The Morgan fingerprint density at radius 1 is 1.21 bits per heavy atom. The van der Waals surface area contributed by atoms with Gasteiger partial charge in [0, 0.05) is 49.2 Å². The number of carbonyl (C=O) groups excluding carboxylic acids is 1. The fraction of sp³-hybridized carbons (Fsp3) is 0.591. The number of alkyl halides is 3. The molecule has 1 saturated carbocycles. The number of para-hydroxylation sites is 1. The second-order valence-electron chi connectivity index (χ2n) is 8.32. The van der Waals surface area contributed by atoms with Gasteiger partial charge in [-0.25, -0.2) is 0 Å². The highest BCUT2D eigenvalue weighted by Gasteiger charge is 2.36. The van der Waals surface area contributed by atoms with E-state index >= 15 is 0 Å². The van der Waals surface area contributed by atoms with Crippen molar-refractivity contribution < 1.29 is 18.0 Å². The highest BCUT2D eigenvalue weighted by Crippen LogP contribution is 2.33. The molecule has 4 nitrogen and oxygen atoms in total. The first-order valence-corrected chi connectivity index (χ1v) is 10.6. The standard InChI is InChI=1S/C22H28F3N3O/c23-22(24,25)10-4-12-27-14-17(19-6-1-2-7-20(19)27)15-28(18-8-9-18)21(29)16-5-3-11-26-13-16/h1-2,6-7,14,16,18,26H,3-5,8-13,15H2. The van der Waals surface area contributed by atoms with Gasteiger partial charge in [-0.2, -0.15) is 13.2 Å². The van der Waals surface area contributed by atoms with Crippen molar-refractivity contribution in [2.75, 3.05) is 13.1 Å². The van der Waals surface area contributed by atoms with E-state index in [9.17, 15) is 18.0 Å². The molecule has 0 bridgehead atoms. The average molecular weight is 407 g/mol. The highest BCUT2D eigenvalue weighted by atomic mass is 19.4. The molecule has 1 amide bonds. The van der Waals surface area contributed by atoms with Gasteiger partial charge in [0.2, 0.25) is 5.91 Å². The van der Waals surface area contributed by atoms with Gasteiger partial charge >= 0.3 is 6.18 Å². The largest absolute Gasteiger partial charge is 0.389 e. The average Bonchev–Trinajstić information content (AvgIpc) is 3.49. The number of hydrogen-bond donors (Lipinski definition) is 1. The van der Waals surface area contributed by atoms with Gasteiger partial charge in [-0.15, -0.1) is 0 Å². The Bertz CT molecular complexity index is 851. The van der Waals surface area contributed by atoms with E-state index < -0.39 is 12.6 Å². The Hall–Kier alpha value is -2.02. The van der Waals surface area contributed by atoms with Crippen molar-refractivity contribution in [2.45, 2.75) is 63.8 Å². The molecular weight excluding hydrogens is 379 g/mol. The maximum atomic E-state index is 13.2. The summed E-state index contributed by atoms with van der Waals surface area (Å²) in [6.45, 7) is 2.57. The van der Waals surface area contributed by atoms with Crippen molar-refractivity contribution in [3.63, 3.8) is 0 Å². The number of nitrogens with zero attached hydrogens (tertiary/aromatic N) is 2. The molecule has 2 aromatic rings. The highest BCUT2D eigenvalue weighted by molar-refractivity contribution is 5.85. The number of carbonyl (C=O) groups is 1. The van der Waals surface area contributed by atoms with E-state index in [1.807, 2.05) is 39.9 Å². The van der Waals surface area contributed by atoms with Gasteiger partial charge in [-0.1, -0.05) is 18.2 Å². The summed E-state index contributed by atoms with van der Waals surface area (Å²) in [7, 11) is 0. The molecule has 158 valence electrons. The second-order valence-corrected chi connectivity index (χ2v) is 8.32. The van der Waals surface area contributed by atoms with Crippen molar-refractivity contribution in [3.8, 4) is 0 Å². The van der Waals surface area contributed by atoms with Crippen LogP contribution in [-0.4, -0.2) is 40.7 Å². The van der Waals surface area contributed by atoms with Crippen LogP contribution in [0.15, 0.2) is 30.5 Å². The molecule has 0 radical (unpaired) electrons. The molecule has 7 heteroatoms. The molecule has 1 atom stereocenters. The van der Waals surface area contributed by atoms with Crippen molar-refractivity contribution in [1.82, 2.24) is 14.8 Å². The Balaban J connectivity index is 1.53. The Morgan fingerprint density at radius 2 is 2.00 bits per heavy atom. The molecule has 1 aromatic carbocycles. The zero-order chi connectivity index (χ0) is 20.4. The SMILES string of the molecule is O=C(C1CCCNC1)N(Cc1cn(CCCC(F)(F)F)c2ccccc12)C1CC1. The van der Waals surface area contributed by atoms with Crippen LogP contribution in [0.2, 0.25) is 0 Å². The molecule has 1 aliphatic heterocycles. The van der Waals surface area contributed by atoms with Gasteiger partial charge in [0.05, 0.1) is 5.92 Å². The topological polar surface area (TPSA) is 37.3 Å². The maximum absolute atomic E-state index is 13.2. The van der Waals surface area contributed by atoms with E-state index in [1.165, 1.54) is 0 Å². The number of aryl methyl sites for hydroxylation is 1. The van der Waals surface area contributed by atoms with Crippen LogP contribution in [0.1, 0.15) is 44.1 Å². The molecule has 1 aromatic heterocycles. The summed E-state index contributed by atoms with van der Waals surface area (Å²) >= 11 is 0. The van der Waals surface area contributed by atoms with E-state index in [2.05, 4.69) is 5.32 Å². The number of halogens is 3. The number of benzene rings is 1. The summed E-state index contributed by atoms with van der Waals surface area (Å²) in [5.41, 5.74) is 1.96. The summed E-state index contributed by atoms with van der Waals surface area (Å²) in [6, 6.07) is 8.10. The van der Waals surface area contributed by atoms with Crippen molar-refractivity contribution >= 4 is 16.8 Å². The molecule has 1 unspecified atom stereocenters. The molecular formula is C22H28F3N3O. The normalized spacial score (nSPS) is 20.2. The minimum Gasteiger partial charge on any atom is -0.347 e. The third kappa shape index (κ3) is 4.94. The van der Waals surface area contributed by atoms with Gasteiger partial charge in [0.25, 0.3) is 0 Å². The zero-order valence-corrected chi connectivity index (χ0v) is 16.5. The first-order valence-electron chi connectivity index (χ1n) is 10.6. The van der Waals surface area contributed by atoms with Crippen LogP contribution >= 0.6 is 0 Å². The lowest BCUT2D eigenvalue weighted by atomic mass is 9.97. The van der Waals surface area contributed by atoms with Crippen LogP contribution in [0.5, 0.6) is 0 Å². The molecule has 4 rings (SSSR count). The predicted octanol–water partition coefficient (Wildman–Crippen LogP) is 4.47. The maximum Gasteiger partial charge on any atom is 0.389 e. The van der Waals surface area contributed by atoms with Gasteiger partial charge in [-0.05, 0) is 50.3 Å². The van der Waals surface area contributed by atoms with Gasteiger partial charge < -0.3 is 14.8 Å². The number of rotatable bonds is 7. The third-order valence-electron chi connectivity index (χ3n) is 5.99. The number of hydrogen-bond acceptors (Lipinski definition) is 2. The van der Waals surface area contributed by atoms with Crippen molar-refractivity contribution in [1.29, 1.82) is 0 Å². The molecule has 2 aliphatic rings. The monoisotopic (exact) mass is 407 g/mol. The van der Waals surface area contributed by atoms with Crippen LogP contribution < -0.4 is 5.32 Å². The van der Waals surface area contributed by atoms with Crippen LogP contribution in [0, 0.1) is 5.92 Å². The van der Waals surface area contributed by atoms with Crippen LogP contribution in [-0.2, 0) is 17.9 Å². The first kappa shape index (κ1) is 20.3. The lowest BCUT2D eigenvalue weighted by Gasteiger charge is -2.29. The van der Waals surface area contributed by atoms with Crippen LogP contribution in [0.3, 0.4) is 0 Å². The van der Waals surface area contributed by atoms with Gasteiger partial charge in [0.1, 0.15) is 0 Å². The van der Waals surface area contributed by atoms with E-state index in [4.69, 9.17) is 0 Å². The Labute approximate surface area is 169 Å². The number of aromatic nitrogens is 1. The van der Waals surface area contributed by atoms with Crippen LogP contribution in [0.4, 0.5) is 13.2 Å². The Kier molecular flexibility index (Phi) is 5.86. The Morgan fingerprint density at radius 3 is 2.69 bits per heavy atom. The van der Waals surface area contributed by atoms with E-state index in [0.717, 1.165) is 55.2 Å². The minimum atomic E-state index is -4.13. The second kappa shape index (κ2) is 8.38. The number of fused-ring (bicyclic) bond motifs is 1. The third-order valence-corrected chi connectivity index (χ3v) is 5.99. The lowest BCUT2D eigenvalue weighted by Crippen LogP contribution is -2.43.